The monoisotopic (exact) mass is 479 g/mol. The summed E-state index contributed by atoms with van der Waals surface area (Å²) in [6, 6.07) is 20.6. The van der Waals surface area contributed by atoms with Crippen molar-refractivity contribution in [3.8, 4) is 22.3 Å². The summed E-state index contributed by atoms with van der Waals surface area (Å²) in [6.45, 7) is 0. The first kappa shape index (κ1) is 13.4. The smallest absolute Gasteiger partial charge is 0.135 e. The molecule has 0 bridgehead atoms. The maximum Gasteiger partial charge on any atom is 0.135 e. The molecule has 8 rings (SSSR count). The predicted molar refractivity (Wildman–Crippen MR) is 157 cm³/mol. The molecule has 7 aromatic carbocycles. The molecule has 0 unspecified atom stereocenters. The second-order valence-electron chi connectivity index (χ2n) is 9.01. The van der Waals surface area contributed by atoms with Gasteiger partial charge in [-0.2, -0.15) is 0 Å². The summed E-state index contributed by atoms with van der Waals surface area (Å²) in [5.74, 6) is 0. The van der Waals surface area contributed by atoms with E-state index < -0.39 is 24.2 Å². The summed E-state index contributed by atoms with van der Waals surface area (Å²) in [4.78, 5) is 0. The lowest BCUT2D eigenvalue weighted by atomic mass is 9.84. The number of furan rings is 1. The van der Waals surface area contributed by atoms with Crippen molar-refractivity contribution in [2.75, 3.05) is 0 Å². The molecule has 0 aliphatic carbocycles. The SMILES string of the molecule is [2H]c1c([2H])c([2H])c2c(-c3cccc4ccccc34)c3c([2H])c([2H])c([2H])c([2H])c3c(-c3cc([2H])c4oc5ccccc5c4c3)c2c1[2H]. The molecule has 0 spiro atoms. The summed E-state index contributed by atoms with van der Waals surface area (Å²) in [5, 5.41) is 3.48. The first-order chi connectivity index (χ1) is 22.1. The highest BCUT2D eigenvalue weighted by molar-refractivity contribution is 6.24. The van der Waals surface area contributed by atoms with Gasteiger partial charge in [0.2, 0.25) is 0 Å². The Kier molecular flexibility index (Phi) is 2.84. The molecule has 0 radical (unpaired) electrons. The van der Waals surface area contributed by atoms with Crippen molar-refractivity contribution in [3.63, 3.8) is 0 Å². The van der Waals surface area contributed by atoms with Crippen molar-refractivity contribution in [2.24, 2.45) is 0 Å². The molecule has 172 valence electrons. The zero-order valence-corrected chi connectivity index (χ0v) is 19.4. The van der Waals surface area contributed by atoms with Crippen LogP contribution in [-0.2, 0) is 0 Å². The van der Waals surface area contributed by atoms with Crippen LogP contribution in [0.25, 0.3) is 76.5 Å². The van der Waals surface area contributed by atoms with Crippen LogP contribution in [0.5, 0.6) is 0 Å². The average Bonchev–Trinajstić information content (AvgIpc) is 3.45. The van der Waals surface area contributed by atoms with Crippen molar-refractivity contribution in [1.82, 2.24) is 0 Å². The normalized spacial score (nSPS) is 15.2. The Labute approximate surface area is 226 Å². The van der Waals surface area contributed by atoms with Gasteiger partial charge in [0, 0.05) is 10.8 Å². The van der Waals surface area contributed by atoms with E-state index in [-0.39, 0.29) is 57.3 Å². The molecular weight excluding hydrogens is 448 g/mol. The lowest BCUT2D eigenvalue weighted by Gasteiger charge is -2.18. The van der Waals surface area contributed by atoms with Gasteiger partial charge in [-0.15, -0.1) is 0 Å². The number of rotatable bonds is 2. The summed E-state index contributed by atoms with van der Waals surface area (Å²) in [6.07, 6.45) is 0. The van der Waals surface area contributed by atoms with Crippen LogP contribution in [-0.4, -0.2) is 0 Å². The third kappa shape index (κ3) is 2.98. The Morgan fingerprint density at radius 1 is 0.459 bits per heavy atom. The van der Waals surface area contributed by atoms with E-state index in [2.05, 4.69) is 0 Å². The zero-order chi connectivity index (χ0) is 32.2. The van der Waals surface area contributed by atoms with Crippen LogP contribution >= 0.6 is 0 Å². The maximum absolute atomic E-state index is 9.20. The van der Waals surface area contributed by atoms with Gasteiger partial charge in [-0.05, 0) is 72.7 Å². The molecular formula is C36H22O. The highest BCUT2D eigenvalue weighted by Gasteiger charge is 2.18. The Morgan fingerprint density at radius 3 is 1.84 bits per heavy atom. The van der Waals surface area contributed by atoms with Crippen LogP contribution in [0, 0.1) is 0 Å². The van der Waals surface area contributed by atoms with Gasteiger partial charge in [0.15, 0.2) is 0 Å². The third-order valence-corrected chi connectivity index (χ3v) is 7.02. The molecule has 1 aromatic heterocycles. The average molecular weight is 480 g/mol. The van der Waals surface area contributed by atoms with E-state index in [0.29, 0.717) is 33.2 Å². The molecule has 1 nitrogen and oxygen atoms in total. The van der Waals surface area contributed by atoms with E-state index in [1.54, 1.807) is 12.1 Å². The van der Waals surface area contributed by atoms with Crippen LogP contribution in [0.1, 0.15) is 12.3 Å². The first-order valence-corrected chi connectivity index (χ1v) is 12.0. The second kappa shape index (κ2) is 7.81. The molecule has 37 heavy (non-hydrogen) atoms. The molecule has 0 saturated carbocycles. The van der Waals surface area contributed by atoms with Gasteiger partial charge < -0.3 is 4.42 Å². The fraction of sp³-hybridized carbons (Fsp3) is 0. The van der Waals surface area contributed by atoms with Gasteiger partial charge >= 0.3 is 0 Å². The van der Waals surface area contributed by atoms with Gasteiger partial charge in [0.05, 0.1) is 12.3 Å². The third-order valence-electron chi connectivity index (χ3n) is 7.02. The van der Waals surface area contributed by atoms with Crippen LogP contribution in [0.2, 0.25) is 0 Å². The summed E-state index contributed by atoms with van der Waals surface area (Å²) < 4.78 is 86.4. The van der Waals surface area contributed by atoms with E-state index in [4.69, 9.17) is 11.3 Å². The number of benzene rings is 7. The summed E-state index contributed by atoms with van der Waals surface area (Å²) in [7, 11) is 0. The van der Waals surface area contributed by atoms with Crippen molar-refractivity contribution in [3.05, 3.63) is 133 Å². The summed E-state index contributed by atoms with van der Waals surface area (Å²) >= 11 is 0. The molecule has 1 heteroatoms. The molecule has 0 amide bonds. The lowest BCUT2D eigenvalue weighted by Crippen LogP contribution is -1.91. The number of fused-ring (bicyclic) bond motifs is 6. The van der Waals surface area contributed by atoms with Gasteiger partial charge in [0.1, 0.15) is 11.2 Å². The molecule has 0 aliphatic heterocycles. The topological polar surface area (TPSA) is 13.1 Å². The first-order valence-electron chi connectivity index (χ1n) is 16.5. The number of hydrogen-bond donors (Lipinski definition) is 0. The molecule has 8 aromatic rings. The zero-order valence-electron chi connectivity index (χ0n) is 28.4. The molecule has 0 fully saturated rings. The molecule has 0 aliphatic rings. The van der Waals surface area contributed by atoms with Crippen LogP contribution in [0.4, 0.5) is 0 Å². The highest BCUT2D eigenvalue weighted by Crippen LogP contribution is 2.45. The predicted octanol–water partition coefficient (Wildman–Crippen LogP) is 10.4. The lowest BCUT2D eigenvalue weighted by molar-refractivity contribution is 0.669. The molecule has 0 saturated heterocycles. The van der Waals surface area contributed by atoms with E-state index in [1.165, 1.54) is 6.07 Å². The minimum absolute atomic E-state index is 0.0322. The van der Waals surface area contributed by atoms with Crippen LogP contribution < -0.4 is 0 Å². The minimum Gasteiger partial charge on any atom is -0.456 e. The Hall–Kier alpha value is -4.88. The van der Waals surface area contributed by atoms with E-state index in [0.717, 1.165) is 16.2 Å². The summed E-state index contributed by atoms with van der Waals surface area (Å²) in [5.41, 5.74) is 2.37. The second-order valence-corrected chi connectivity index (χ2v) is 9.01. The van der Waals surface area contributed by atoms with E-state index >= 15 is 0 Å². The molecule has 1 heterocycles. The fourth-order valence-electron chi connectivity index (χ4n) is 5.43. The maximum atomic E-state index is 9.20. The Morgan fingerprint density at radius 2 is 1.08 bits per heavy atom. The Bertz CT molecular complexity index is 2550. The Balaban J connectivity index is 1.71. The standard InChI is InChI=1S/C36H22O/c1-2-12-25-23(10-1)11-9-18-27(25)36-30-16-5-3-14-28(30)35(29-15-4-6-17-31(29)36)24-20-21-34-32(22-24)26-13-7-8-19-33(26)37-34/h1-22H/i3D,4D,5D,6D,14D,15D,16D,17D,21D. The quantitative estimate of drug-likeness (QED) is 0.225. The largest absolute Gasteiger partial charge is 0.456 e. The molecule has 0 N–H and O–H groups in total. The van der Waals surface area contributed by atoms with E-state index in [1.807, 2.05) is 60.7 Å². The highest BCUT2D eigenvalue weighted by atomic mass is 16.3. The fourth-order valence-corrected chi connectivity index (χ4v) is 5.43. The van der Waals surface area contributed by atoms with Gasteiger partial charge in [-0.25, -0.2) is 0 Å². The van der Waals surface area contributed by atoms with Crippen molar-refractivity contribution in [2.45, 2.75) is 0 Å². The van der Waals surface area contributed by atoms with Crippen molar-refractivity contribution >= 4 is 54.3 Å². The van der Waals surface area contributed by atoms with Gasteiger partial charge in [0.25, 0.3) is 0 Å². The van der Waals surface area contributed by atoms with E-state index in [9.17, 15) is 5.48 Å². The molecule has 0 atom stereocenters. The van der Waals surface area contributed by atoms with Crippen molar-refractivity contribution < 1.29 is 16.8 Å². The van der Waals surface area contributed by atoms with Crippen LogP contribution in [0.15, 0.2) is 138 Å². The number of hydrogen-bond acceptors (Lipinski definition) is 1. The minimum atomic E-state index is -0.469. The number of para-hydroxylation sites is 1. The van der Waals surface area contributed by atoms with Crippen molar-refractivity contribution in [1.29, 1.82) is 0 Å². The van der Waals surface area contributed by atoms with Gasteiger partial charge in [-0.1, -0.05) is 115 Å². The van der Waals surface area contributed by atoms with Gasteiger partial charge in [-0.3, -0.25) is 0 Å². The van der Waals surface area contributed by atoms with Crippen LogP contribution in [0.3, 0.4) is 0 Å².